The summed E-state index contributed by atoms with van der Waals surface area (Å²) in [5.41, 5.74) is 0. The van der Waals surface area contributed by atoms with Gasteiger partial charge in [-0.25, -0.2) is 0 Å². The summed E-state index contributed by atoms with van der Waals surface area (Å²) < 4.78 is 0. The highest BCUT2D eigenvalue weighted by molar-refractivity contribution is 4.61. The van der Waals surface area contributed by atoms with E-state index in [4.69, 9.17) is 10.2 Å². The number of rotatable bonds is 7. The lowest BCUT2D eigenvalue weighted by molar-refractivity contribution is 0.177. The Bertz CT molecular complexity index is 91.8. The van der Waals surface area contributed by atoms with Crippen LogP contribution in [-0.4, -0.2) is 23.4 Å². The van der Waals surface area contributed by atoms with Crippen LogP contribution >= 0.6 is 0 Å². The van der Waals surface area contributed by atoms with Crippen molar-refractivity contribution < 1.29 is 10.2 Å². The minimum atomic E-state index is 0.297. The Morgan fingerprint density at radius 2 is 1.67 bits per heavy atom. The molecule has 0 bridgehead atoms. The molecule has 0 spiro atoms. The maximum Gasteiger partial charge on any atom is 0.0461 e. The van der Waals surface area contributed by atoms with Gasteiger partial charge in [0.1, 0.15) is 0 Å². The zero-order valence-electron chi connectivity index (χ0n) is 8.29. The fraction of sp³-hybridized carbons (Fsp3) is 1.00. The second kappa shape index (κ2) is 7.56. The van der Waals surface area contributed by atoms with Crippen molar-refractivity contribution in [2.24, 2.45) is 11.8 Å². The number of hydrogen-bond acceptors (Lipinski definition) is 2. The summed E-state index contributed by atoms with van der Waals surface area (Å²) in [6.07, 6.45) is 4.20. The second-order valence-electron chi connectivity index (χ2n) is 3.76. The zero-order chi connectivity index (χ0) is 9.40. The predicted molar refractivity (Wildman–Crippen MR) is 51.0 cm³/mol. The summed E-state index contributed by atoms with van der Waals surface area (Å²) in [5, 5.41) is 17.6. The van der Waals surface area contributed by atoms with Gasteiger partial charge in [-0.1, -0.05) is 26.7 Å². The molecule has 2 nitrogen and oxygen atoms in total. The minimum absolute atomic E-state index is 0.297. The summed E-state index contributed by atoms with van der Waals surface area (Å²) in [6.45, 7) is 4.89. The van der Waals surface area contributed by atoms with Crippen LogP contribution in [0.1, 0.15) is 39.5 Å². The first-order valence-corrected chi connectivity index (χ1v) is 4.94. The summed E-state index contributed by atoms with van der Waals surface area (Å²) >= 11 is 0. The van der Waals surface area contributed by atoms with Gasteiger partial charge in [-0.15, -0.1) is 0 Å². The van der Waals surface area contributed by atoms with Crippen LogP contribution in [0.5, 0.6) is 0 Å². The third kappa shape index (κ3) is 5.56. The fourth-order valence-electron chi connectivity index (χ4n) is 1.33. The maximum absolute atomic E-state index is 9.00. The molecule has 0 fully saturated rings. The molecule has 12 heavy (non-hydrogen) atoms. The van der Waals surface area contributed by atoms with Crippen molar-refractivity contribution >= 4 is 0 Å². The van der Waals surface area contributed by atoms with Gasteiger partial charge < -0.3 is 10.2 Å². The molecule has 0 aliphatic carbocycles. The molecule has 2 heteroatoms. The van der Waals surface area contributed by atoms with Crippen LogP contribution in [-0.2, 0) is 0 Å². The zero-order valence-corrected chi connectivity index (χ0v) is 8.29. The average molecular weight is 174 g/mol. The van der Waals surface area contributed by atoms with Crippen molar-refractivity contribution in [1.29, 1.82) is 0 Å². The highest BCUT2D eigenvalue weighted by Gasteiger charge is 2.10. The lowest BCUT2D eigenvalue weighted by Gasteiger charge is -2.17. The monoisotopic (exact) mass is 174 g/mol. The van der Waals surface area contributed by atoms with Crippen molar-refractivity contribution in [2.75, 3.05) is 13.2 Å². The molecule has 0 radical (unpaired) electrons. The Labute approximate surface area is 75.6 Å². The Morgan fingerprint density at radius 1 is 1.00 bits per heavy atom. The first kappa shape index (κ1) is 11.9. The molecule has 0 aromatic carbocycles. The van der Waals surface area contributed by atoms with Gasteiger partial charge >= 0.3 is 0 Å². The molecule has 0 amide bonds. The lowest BCUT2D eigenvalue weighted by atomic mass is 9.91. The predicted octanol–water partition coefficient (Wildman–Crippen LogP) is 1.80. The molecule has 0 aromatic rings. The van der Waals surface area contributed by atoms with E-state index in [-0.39, 0.29) is 0 Å². The molecule has 0 aliphatic heterocycles. The van der Waals surface area contributed by atoms with E-state index in [1.807, 2.05) is 0 Å². The summed E-state index contributed by atoms with van der Waals surface area (Å²) in [6, 6.07) is 0. The average Bonchev–Trinajstić information content (AvgIpc) is 2.04. The van der Waals surface area contributed by atoms with Crippen molar-refractivity contribution in [3.63, 3.8) is 0 Å². The summed E-state index contributed by atoms with van der Waals surface area (Å²) in [5.74, 6) is 1.02. The van der Waals surface area contributed by atoms with E-state index in [1.54, 1.807) is 0 Å². The Morgan fingerprint density at radius 3 is 2.08 bits per heavy atom. The van der Waals surface area contributed by atoms with E-state index < -0.39 is 0 Å². The van der Waals surface area contributed by atoms with Gasteiger partial charge in [-0.2, -0.15) is 0 Å². The molecule has 0 rings (SSSR count). The lowest BCUT2D eigenvalue weighted by Crippen LogP contribution is -2.13. The third-order valence-electron chi connectivity index (χ3n) is 2.41. The van der Waals surface area contributed by atoms with E-state index in [2.05, 4.69) is 13.8 Å². The van der Waals surface area contributed by atoms with E-state index in [0.29, 0.717) is 25.0 Å². The number of aliphatic hydroxyl groups excluding tert-OH is 2. The first-order valence-electron chi connectivity index (χ1n) is 4.94. The van der Waals surface area contributed by atoms with Crippen LogP contribution in [0.15, 0.2) is 0 Å². The van der Waals surface area contributed by atoms with E-state index in [0.717, 1.165) is 25.7 Å². The van der Waals surface area contributed by atoms with Gasteiger partial charge in [0.05, 0.1) is 0 Å². The fourth-order valence-corrected chi connectivity index (χ4v) is 1.33. The number of unbranched alkanes of at least 4 members (excludes halogenated alkanes) is 2. The molecular weight excluding hydrogens is 152 g/mol. The van der Waals surface area contributed by atoms with Crippen molar-refractivity contribution in [1.82, 2.24) is 0 Å². The molecule has 1 unspecified atom stereocenters. The van der Waals surface area contributed by atoms with Crippen molar-refractivity contribution in [2.45, 2.75) is 39.5 Å². The van der Waals surface area contributed by atoms with Gasteiger partial charge in [0.25, 0.3) is 0 Å². The van der Waals surface area contributed by atoms with Gasteiger partial charge in [0.2, 0.25) is 0 Å². The third-order valence-corrected chi connectivity index (χ3v) is 2.41. The Balaban J connectivity index is 3.32. The smallest absolute Gasteiger partial charge is 0.0461 e. The molecule has 74 valence electrons. The Kier molecular flexibility index (Phi) is 7.51. The second-order valence-corrected chi connectivity index (χ2v) is 3.76. The Hall–Kier alpha value is -0.0800. The van der Waals surface area contributed by atoms with Crippen LogP contribution in [0.4, 0.5) is 0 Å². The molecule has 2 N–H and O–H groups in total. The molecule has 0 heterocycles. The molecular formula is C10H22O2. The SMILES string of the molecule is CC(C)C(CO)CCCCCO. The van der Waals surface area contributed by atoms with Crippen LogP contribution < -0.4 is 0 Å². The normalized spacial score (nSPS) is 13.8. The van der Waals surface area contributed by atoms with Crippen LogP contribution in [0.25, 0.3) is 0 Å². The van der Waals surface area contributed by atoms with Gasteiger partial charge in [-0.3, -0.25) is 0 Å². The van der Waals surface area contributed by atoms with E-state index >= 15 is 0 Å². The van der Waals surface area contributed by atoms with Crippen molar-refractivity contribution in [3.05, 3.63) is 0 Å². The van der Waals surface area contributed by atoms with Crippen LogP contribution in [0, 0.1) is 11.8 Å². The highest BCUT2D eigenvalue weighted by Crippen LogP contribution is 2.17. The largest absolute Gasteiger partial charge is 0.396 e. The minimum Gasteiger partial charge on any atom is -0.396 e. The van der Waals surface area contributed by atoms with Gasteiger partial charge in [0, 0.05) is 13.2 Å². The summed E-state index contributed by atoms with van der Waals surface area (Å²) in [7, 11) is 0. The maximum atomic E-state index is 9.00. The molecule has 0 aromatic heterocycles. The van der Waals surface area contributed by atoms with Crippen LogP contribution in [0.3, 0.4) is 0 Å². The van der Waals surface area contributed by atoms with Gasteiger partial charge in [0.15, 0.2) is 0 Å². The van der Waals surface area contributed by atoms with Crippen LogP contribution in [0.2, 0.25) is 0 Å². The van der Waals surface area contributed by atoms with Gasteiger partial charge in [-0.05, 0) is 24.7 Å². The number of aliphatic hydroxyl groups is 2. The standard InChI is InChI=1S/C10H22O2/c1-9(2)10(8-12)6-4-3-5-7-11/h9-12H,3-8H2,1-2H3. The number of hydrogen-bond donors (Lipinski definition) is 2. The molecule has 0 aliphatic rings. The van der Waals surface area contributed by atoms with E-state index in [9.17, 15) is 0 Å². The highest BCUT2D eigenvalue weighted by atomic mass is 16.3. The van der Waals surface area contributed by atoms with Crippen molar-refractivity contribution in [3.8, 4) is 0 Å². The van der Waals surface area contributed by atoms with E-state index in [1.165, 1.54) is 0 Å². The first-order chi connectivity index (χ1) is 5.72. The molecule has 0 saturated heterocycles. The summed E-state index contributed by atoms with van der Waals surface area (Å²) in [4.78, 5) is 0. The topological polar surface area (TPSA) is 40.5 Å². The molecule has 0 saturated carbocycles. The quantitative estimate of drug-likeness (QED) is 0.578. The molecule has 1 atom stereocenters.